The molecule has 0 aromatic heterocycles. The van der Waals surface area contributed by atoms with E-state index in [9.17, 15) is 4.79 Å². The molecule has 18 heavy (non-hydrogen) atoms. The Kier molecular flexibility index (Phi) is 4.57. The van der Waals surface area contributed by atoms with Crippen LogP contribution in [0.4, 0.5) is 0 Å². The summed E-state index contributed by atoms with van der Waals surface area (Å²) in [5.41, 5.74) is 2.70. The summed E-state index contributed by atoms with van der Waals surface area (Å²) in [5.74, 6) is 1.17. The van der Waals surface area contributed by atoms with Crippen molar-refractivity contribution < 1.29 is 4.79 Å². The van der Waals surface area contributed by atoms with Crippen LogP contribution >= 0.6 is 0 Å². The van der Waals surface area contributed by atoms with Crippen LogP contribution in [0.5, 0.6) is 0 Å². The number of carbonyl (C=O) groups is 1. The molecule has 0 fully saturated rings. The highest BCUT2D eigenvalue weighted by Crippen LogP contribution is 2.33. The zero-order chi connectivity index (χ0) is 13.0. The summed E-state index contributed by atoms with van der Waals surface area (Å²) < 4.78 is 0. The molecule has 0 radical (unpaired) electrons. The second-order valence-corrected chi connectivity index (χ2v) is 5.71. The Morgan fingerprint density at radius 2 is 2.17 bits per heavy atom. The minimum Gasteiger partial charge on any atom is -0.299 e. The van der Waals surface area contributed by atoms with Crippen LogP contribution in [-0.4, -0.2) is 5.78 Å². The van der Waals surface area contributed by atoms with E-state index in [-0.39, 0.29) is 5.92 Å². The number of benzene rings is 1. The first kappa shape index (κ1) is 13.3. The van der Waals surface area contributed by atoms with Gasteiger partial charge in [-0.05, 0) is 36.3 Å². The molecule has 0 N–H and O–H groups in total. The fraction of sp³-hybridized carbons (Fsp3) is 0.588. The van der Waals surface area contributed by atoms with Crippen molar-refractivity contribution >= 4 is 5.78 Å². The Balaban J connectivity index is 2.08. The molecule has 1 aliphatic carbocycles. The van der Waals surface area contributed by atoms with Crippen LogP contribution < -0.4 is 0 Å². The summed E-state index contributed by atoms with van der Waals surface area (Å²) in [4.78, 5) is 12.4. The molecule has 1 aromatic rings. The van der Waals surface area contributed by atoms with E-state index in [2.05, 4.69) is 38.1 Å². The quantitative estimate of drug-likeness (QED) is 0.745. The molecule has 98 valence electrons. The van der Waals surface area contributed by atoms with Crippen LogP contribution in [0.25, 0.3) is 0 Å². The van der Waals surface area contributed by atoms with Gasteiger partial charge in [0.1, 0.15) is 5.78 Å². The largest absolute Gasteiger partial charge is 0.299 e. The molecule has 0 saturated heterocycles. The first-order valence-corrected chi connectivity index (χ1v) is 7.33. The number of hydrogen-bond acceptors (Lipinski definition) is 1. The summed E-state index contributed by atoms with van der Waals surface area (Å²) >= 11 is 0. The molecular weight excluding hydrogens is 220 g/mol. The molecule has 1 heteroatoms. The molecule has 0 amide bonds. The zero-order valence-corrected chi connectivity index (χ0v) is 11.6. The average molecular weight is 244 g/mol. The van der Waals surface area contributed by atoms with Gasteiger partial charge in [-0.1, -0.05) is 51.0 Å². The summed E-state index contributed by atoms with van der Waals surface area (Å²) in [6, 6.07) is 8.50. The number of aryl methyl sites for hydroxylation is 1. The maximum absolute atomic E-state index is 12.4. The monoisotopic (exact) mass is 244 g/mol. The van der Waals surface area contributed by atoms with E-state index in [1.54, 1.807) is 0 Å². The lowest BCUT2D eigenvalue weighted by molar-refractivity contribution is -0.121. The normalized spacial score (nSPS) is 20.2. The van der Waals surface area contributed by atoms with Crippen molar-refractivity contribution in [3.63, 3.8) is 0 Å². The maximum Gasteiger partial charge on any atom is 0.140 e. The minimum absolute atomic E-state index is 0.175. The second kappa shape index (κ2) is 6.17. The van der Waals surface area contributed by atoms with Gasteiger partial charge >= 0.3 is 0 Å². The molecule has 0 heterocycles. The topological polar surface area (TPSA) is 17.1 Å². The lowest BCUT2D eigenvalue weighted by atomic mass is 9.78. The first-order chi connectivity index (χ1) is 8.72. The van der Waals surface area contributed by atoms with Gasteiger partial charge in [-0.25, -0.2) is 0 Å². The van der Waals surface area contributed by atoms with Crippen molar-refractivity contribution in [3.8, 4) is 0 Å². The Labute approximate surface area is 111 Å². The lowest BCUT2D eigenvalue weighted by Crippen LogP contribution is -2.20. The number of carbonyl (C=O) groups excluding carboxylic acids is 1. The van der Waals surface area contributed by atoms with Gasteiger partial charge in [0.2, 0.25) is 0 Å². The van der Waals surface area contributed by atoms with Gasteiger partial charge in [-0.2, -0.15) is 0 Å². The SMILES string of the molecule is CCCC(C)CC(=O)C1CCCc2ccccc21. The third-order valence-electron chi connectivity index (χ3n) is 4.09. The number of rotatable bonds is 5. The van der Waals surface area contributed by atoms with Gasteiger partial charge in [0.25, 0.3) is 0 Å². The standard InChI is InChI=1S/C17H24O/c1-3-7-13(2)12-17(18)16-11-6-9-14-8-4-5-10-15(14)16/h4-5,8,10,13,16H,3,6-7,9,11-12H2,1-2H3. The van der Waals surface area contributed by atoms with Crippen LogP contribution in [0.15, 0.2) is 24.3 Å². The molecule has 2 unspecified atom stereocenters. The van der Waals surface area contributed by atoms with Gasteiger partial charge in [0.05, 0.1) is 0 Å². The number of Topliss-reactive ketones (excluding diaryl/α,β-unsaturated/α-hetero) is 1. The zero-order valence-electron chi connectivity index (χ0n) is 11.6. The molecule has 1 aromatic carbocycles. The van der Waals surface area contributed by atoms with Crippen molar-refractivity contribution in [1.29, 1.82) is 0 Å². The fourth-order valence-electron chi connectivity index (χ4n) is 3.17. The van der Waals surface area contributed by atoms with Crippen LogP contribution in [0, 0.1) is 5.92 Å². The number of ketones is 1. The van der Waals surface area contributed by atoms with Gasteiger partial charge in [0.15, 0.2) is 0 Å². The molecule has 0 bridgehead atoms. The van der Waals surface area contributed by atoms with Crippen molar-refractivity contribution in [3.05, 3.63) is 35.4 Å². The Morgan fingerprint density at radius 3 is 2.94 bits per heavy atom. The van der Waals surface area contributed by atoms with Crippen molar-refractivity contribution in [2.45, 2.75) is 58.3 Å². The van der Waals surface area contributed by atoms with Crippen LogP contribution in [0.3, 0.4) is 0 Å². The first-order valence-electron chi connectivity index (χ1n) is 7.33. The van der Waals surface area contributed by atoms with Crippen LogP contribution in [0.1, 0.15) is 63.0 Å². The molecular formula is C17H24O. The van der Waals surface area contributed by atoms with Gasteiger partial charge in [-0.15, -0.1) is 0 Å². The van der Waals surface area contributed by atoms with E-state index in [1.807, 2.05) is 0 Å². The highest BCUT2D eigenvalue weighted by molar-refractivity contribution is 5.86. The highest BCUT2D eigenvalue weighted by Gasteiger charge is 2.26. The van der Waals surface area contributed by atoms with Crippen molar-refractivity contribution in [2.75, 3.05) is 0 Å². The third kappa shape index (κ3) is 3.01. The lowest BCUT2D eigenvalue weighted by Gasteiger charge is -2.25. The molecule has 1 nitrogen and oxygen atoms in total. The Morgan fingerprint density at radius 1 is 1.39 bits per heavy atom. The minimum atomic E-state index is 0.175. The predicted octanol–water partition coefficient (Wildman–Crippen LogP) is 4.50. The van der Waals surface area contributed by atoms with E-state index in [4.69, 9.17) is 0 Å². The van der Waals surface area contributed by atoms with Gasteiger partial charge in [-0.3, -0.25) is 4.79 Å². The third-order valence-corrected chi connectivity index (χ3v) is 4.09. The van der Waals surface area contributed by atoms with Gasteiger partial charge < -0.3 is 0 Å². The molecule has 1 aliphatic rings. The van der Waals surface area contributed by atoms with E-state index >= 15 is 0 Å². The smallest absolute Gasteiger partial charge is 0.140 e. The summed E-state index contributed by atoms with van der Waals surface area (Å²) in [6.45, 7) is 4.40. The number of hydrogen-bond donors (Lipinski definition) is 0. The Hall–Kier alpha value is -1.11. The maximum atomic E-state index is 12.4. The van der Waals surface area contributed by atoms with E-state index in [0.717, 1.165) is 25.7 Å². The predicted molar refractivity (Wildman–Crippen MR) is 75.8 cm³/mol. The Bertz CT molecular complexity index is 408. The van der Waals surface area contributed by atoms with Crippen LogP contribution in [-0.2, 0) is 11.2 Å². The molecule has 0 saturated carbocycles. The summed E-state index contributed by atoms with van der Waals surface area (Å²) in [5, 5.41) is 0. The molecule has 2 atom stereocenters. The second-order valence-electron chi connectivity index (χ2n) is 5.71. The van der Waals surface area contributed by atoms with Gasteiger partial charge in [0, 0.05) is 12.3 Å². The average Bonchev–Trinajstić information content (AvgIpc) is 2.38. The van der Waals surface area contributed by atoms with E-state index in [0.29, 0.717) is 11.7 Å². The summed E-state index contributed by atoms with van der Waals surface area (Å²) in [6.07, 6.45) is 6.46. The fourth-order valence-corrected chi connectivity index (χ4v) is 3.17. The highest BCUT2D eigenvalue weighted by atomic mass is 16.1. The summed E-state index contributed by atoms with van der Waals surface area (Å²) in [7, 11) is 0. The molecule has 2 rings (SSSR count). The molecule has 0 aliphatic heterocycles. The van der Waals surface area contributed by atoms with Crippen molar-refractivity contribution in [2.24, 2.45) is 5.92 Å². The number of fused-ring (bicyclic) bond motifs is 1. The van der Waals surface area contributed by atoms with Crippen molar-refractivity contribution in [1.82, 2.24) is 0 Å². The van der Waals surface area contributed by atoms with E-state index < -0.39 is 0 Å². The van der Waals surface area contributed by atoms with E-state index in [1.165, 1.54) is 24.0 Å². The van der Waals surface area contributed by atoms with Crippen LogP contribution in [0.2, 0.25) is 0 Å². The molecule has 0 spiro atoms.